The Labute approximate surface area is 115 Å². The zero-order valence-corrected chi connectivity index (χ0v) is 11.8. The molecular weight excluding hydrogens is 234 g/mol. The average Bonchev–Trinajstić information content (AvgIpc) is 2.42. The summed E-state index contributed by atoms with van der Waals surface area (Å²) in [6, 6.07) is 14.2. The summed E-state index contributed by atoms with van der Waals surface area (Å²) in [5, 5.41) is 13.3. The first-order valence-electron chi connectivity index (χ1n) is 6.75. The highest BCUT2D eigenvalue weighted by Gasteiger charge is 2.10. The molecule has 100 valence electrons. The molecule has 2 nitrogen and oxygen atoms in total. The lowest BCUT2D eigenvalue weighted by molar-refractivity contribution is 0.465. The molecule has 0 aliphatic rings. The molecule has 0 amide bonds. The van der Waals surface area contributed by atoms with Gasteiger partial charge < -0.3 is 10.4 Å². The van der Waals surface area contributed by atoms with Gasteiger partial charge in [-0.15, -0.1) is 0 Å². The van der Waals surface area contributed by atoms with Crippen LogP contribution in [0.5, 0.6) is 5.75 Å². The number of hydrogen-bond acceptors (Lipinski definition) is 2. The van der Waals surface area contributed by atoms with Crippen molar-refractivity contribution in [1.29, 1.82) is 0 Å². The molecule has 0 radical (unpaired) electrons. The molecule has 0 aliphatic carbocycles. The maximum Gasteiger partial charge on any atom is 0.120 e. The lowest BCUT2D eigenvalue weighted by Crippen LogP contribution is -2.07. The molecule has 2 aromatic carbocycles. The molecule has 0 spiro atoms. The Kier molecular flexibility index (Phi) is 4.10. The van der Waals surface area contributed by atoms with Gasteiger partial charge in [-0.1, -0.05) is 36.8 Å². The zero-order valence-electron chi connectivity index (χ0n) is 11.8. The van der Waals surface area contributed by atoms with E-state index in [9.17, 15) is 5.11 Å². The highest BCUT2D eigenvalue weighted by Crippen LogP contribution is 2.27. The summed E-state index contributed by atoms with van der Waals surface area (Å²) in [6.45, 7) is 6.24. The first-order chi connectivity index (χ1) is 9.10. The summed E-state index contributed by atoms with van der Waals surface area (Å²) in [5.41, 5.74) is 4.49. The van der Waals surface area contributed by atoms with Crippen molar-refractivity contribution < 1.29 is 5.11 Å². The minimum atomic E-state index is 0.0763. The van der Waals surface area contributed by atoms with E-state index in [1.807, 2.05) is 19.1 Å². The molecule has 0 bridgehead atoms. The number of nitrogens with one attached hydrogen (secondary N) is 1. The van der Waals surface area contributed by atoms with Crippen molar-refractivity contribution in [2.75, 3.05) is 5.32 Å². The standard InChI is InChI=1S/C17H21NO/c1-4-14-6-8-15(9-7-14)18-13(3)16-11-12(2)5-10-17(16)19/h5-11,13,18-19H,4H2,1-3H3. The van der Waals surface area contributed by atoms with Crippen LogP contribution in [0.4, 0.5) is 5.69 Å². The molecular formula is C17H21NO. The van der Waals surface area contributed by atoms with E-state index in [4.69, 9.17) is 0 Å². The van der Waals surface area contributed by atoms with Crippen LogP contribution in [0.15, 0.2) is 42.5 Å². The lowest BCUT2D eigenvalue weighted by atomic mass is 10.0. The molecule has 19 heavy (non-hydrogen) atoms. The highest BCUT2D eigenvalue weighted by atomic mass is 16.3. The van der Waals surface area contributed by atoms with Crippen molar-refractivity contribution in [3.05, 3.63) is 59.2 Å². The predicted molar refractivity (Wildman–Crippen MR) is 80.7 cm³/mol. The third kappa shape index (κ3) is 3.28. The third-order valence-electron chi connectivity index (χ3n) is 3.39. The molecule has 2 N–H and O–H groups in total. The number of benzene rings is 2. The van der Waals surface area contributed by atoms with E-state index in [-0.39, 0.29) is 6.04 Å². The van der Waals surface area contributed by atoms with E-state index in [0.717, 1.165) is 23.2 Å². The summed E-state index contributed by atoms with van der Waals surface area (Å²) in [5.74, 6) is 0.343. The van der Waals surface area contributed by atoms with Gasteiger partial charge in [0.25, 0.3) is 0 Å². The summed E-state index contributed by atoms with van der Waals surface area (Å²) in [6.07, 6.45) is 1.05. The first kappa shape index (κ1) is 13.5. The molecule has 0 aliphatic heterocycles. The van der Waals surface area contributed by atoms with Crippen LogP contribution < -0.4 is 5.32 Å². The van der Waals surface area contributed by atoms with Gasteiger partial charge in [0.05, 0.1) is 6.04 Å². The largest absolute Gasteiger partial charge is 0.508 e. The van der Waals surface area contributed by atoms with Gasteiger partial charge in [-0.2, -0.15) is 0 Å². The number of phenolic OH excluding ortho intramolecular Hbond substituents is 1. The van der Waals surface area contributed by atoms with Crippen molar-refractivity contribution >= 4 is 5.69 Å². The van der Waals surface area contributed by atoms with Crippen LogP contribution >= 0.6 is 0 Å². The minimum absolute atomic E-state index is 0.0763. The van der Waals surface area contributed by atoms with Gasteiger partial charge in [-0.3, -0.25) is 0 Å². The average molecular weight is 255 g/mol. The summed E-state index contributed by atoms with van der Waals surface area (Å²) in [4.78, 5) is 0. The number of anilines is 1. The van der Waals surface area contributed by atoms with Crippen LogP contribution in [0.1, 0.15) is 36.6 Å². The first-order valence-corrected chi connectivity index (χ1v) is 6.75. The Balaban J connectivity index is 2.15. The number of aromatic hydroxyl groups is 1. The molecule has 0 saturated carbocycles. The van der Waals surface area contributed by atoms with Gasteiger partial charge >= 0.3 is 0 Å². The second-order valence-electron chi connectivity index (χ2n) is 4.98. The lowest BCUT2D eigenvalue weighted by Gasteiger charge is -2.17. The van der Waals surface area contributed by atoms with Crippen molar-refractivity contribution in [2.24, 2.45) is 0 Å². The second kappa shape index (κ2) is 5.79. The molecule has 1 unspecified atom stereocenters. The van der Waals surface area contributed by atoms with Gasteiger partial charge in [0.2, 0.25) is 0 Å². The van der Waals surface area contributed by atoms with Crippen LogP contribution in [0, 0.1) is 6.92 Å². The Hall–Kier alpha value is -1.96. The van der Waals surface area contributed by atoms with Gasteiger partial charge in [0, 0.05) is 11.3 Å². The van der Waals surface area contributed by atoms with E-state index in [1.54, 1.807) is 6.07 Å². The maximum atomic E-state index is 9.93. The topological polar surface area (TPSA) is 32.3 Å². The van der Waals surface area contributed by atoms with Crippen molar-refractivity contribution in [1.82, 2.24) is 0 Å². The molecule has 0 saturated heterocycles. The highest BCUT2D eigenvalue weighted by molar-refractivity contribution is 5.49. The smallest absolute Gasteiger partial charge is 0.120 e. The van der Waals surface area contributed by atoms with Gasteiger partial charge in [0.1, 0.15) is 5.75 Å². The van der Waals surface area contributed by atoms with E-state index >= 15 is 0 Å². The van der Waals surface area contributed by atoms with E-state index in [0.29, 0.717) is 5.75 Å². The predicted octanol–water partition coefficient (Wildman–Crippen LogP) is 4.44. The van der Waals surface area contributed by atoms with Crippen molar-refractivity contribution in [3.63, 3.8) is 0 Å². The summed E-state index contributed by atoms with van der Waals surface area (Å²) < 4.78 is 0. The SMILES string of the molecule is CCc1ccc(NC(C)c2cc(C)ccc2O)cc1. The summed E-state index contributed by atoms with van der Waals surface area (Å²) >= 11 is 0. The maximum absolute atomic E-state index is 9.93. The van der Waals surface area contributed by atoms with E-state index < -0.39 is 0 Å². The molecule has 0 heterocycles. The second-order valence-corrected chi connectivity index (χ2v) is 4.98. The van der Waals surface area contributed by atoms with Gasteiger partial charge in [-0.25, -0.2) is 0 Å². The quantitative estimate of drug-likeness (QED) is 0.846. The van der Waals surface area contributed by atoms with Gasteiger partial charge in [-0.05, 0) is 44.0 Å². The Morgan fingerprint density at radius 3 is 2.42 bits per heavy atom. The molecule has 0 aromatic heterocycles. The van der Waals surface area contributed by atoms with Crippen LogP contribution in [-0.4, -0.2) is 5.11 Å². The molecule has 0 fully saturated rings. The molecule has 1 atom stereocenters. The van der Waals surface area contributed by atoms with Crippen molar-refractivity contribution in [3.8, 4) is 5.75 Å². The van der Waals surface area contributed by atoms with Crippen LogP contribution in [0.25, 0.3) is 0 Å². The Bertz CT molecular complexity index is 546. The van der Waals surface area contributed by atoms with Gasteiger partial charge in [0.15, 0.2) is 0 Å². The van der Waals surface area contributed by atoms with Crippen LogP contribution in [0.3, 0.4) is 0 Å². The zero-order chi connectivity index (χ0) is 13.8. The van der Waals surface area contributed by atoms with Crippen LogP contribution in [0.2, 0.25) is 0 Å². The summed E-state index contributed by atoms with van der Waals surface area (Å²) in [7, 11) is 0. The van der Waals surface area contributed by atoms with E-state index in [1.165, 1.54) is 5.56 Å². The molecule has 2 aromatic rings. The Morgan fingerprint density at radius 2 is 1.79 bits per heavy atom. The number of phenols is 1. The molecule has 2 rings (SSSR count). The number of aryl methyl sites for hydroxylation is 2. The fourth-order valence-electron chi connectivity index (χ4n) is 2.19. The number of hydrogen-bond donors (Lipinski definition) is 2. The Morgan fingerprint density at radius 1 is 1.11 bits per heavy atom. The minimum Gasteiger partial charge on any atom is -0.508 e. The third-order valence-corrected chi connectivity index (χ3v) is 3.39. The monoisotopic (exact) mass is 255 g/mol. The normalized spacial score (nSPS) is 12.2. The van der Waals surface area contributed by atoms with Crippen molar-refractivity contribution in [2.45, 2.75) is 33.2 Å². The fourth-order valence-corrected chi connectivity index (χ4v) is 2.19. The van der Waals surface area contributed by atoms with Crippen LogP contribution in [-0.2, 0) is 6.42 Å². The number of rotatable bonds is 4. The molecule has 2 heteroatoms. The fraction of sp³-hybridized carbons (Fsp3) is 0.294. The van der Waals surface area contributed by atoms with E-state index in [2.05, 4.69) is 43.4 Å².